The van der Waals surface area contributed by atoms with Gasteiger partial charge in [-0.3, -0.25) is 14.5 Å². The smallest absolute Gasteiger partial charge is 0.265 e. The van der Waals surface area contributed by atoms with Crippen molar-refractivity contribution < 1.29 is 14.3 Å². The number of aromatic nitrogens is 1. The summed E-state index contributed by atoms with van der Waals surface area (Å²) in [6, 6.07) is 10.9. The van der Waals surface area contributed by atoms with Crippen LogP contribution in [0.4, 0.5) is 0 Å². The minimum Gasteiger partial charge on any atom is -0.477 e. The average Bonchev–Trinajstić information content (AvgIpc) is 2.99. The van der Waals surface area contributed by atoms with Gasteiger partial charge in [0, 0.05) is 31.4 Å². The molecule has 0 bridgehead atoms. The molecule has 2 aromatic rings. The lowest BCUT2D eigenvalue weighted by Gasteiger charge is -2.26. The molecule has 0 unspecified atom stereocenters. The third-order valence-corrected chi connectivity index (χ3v) is 5.27. The molecule has 6 nitrogen and oxygen atoms in total. The summed E-state index contributed by atoms with van der Waals surface area (Å²) < 4.78 is 5.75. The molecule has 4 rings (SSSR count). The zero-order chi connectivity index (χ0) is 20.1. The molecule has 3 heterocycles. The third-order valence-electron chi connectivity index (χ3n) is 5.27. The number of benzene rings is 1. The van der Waals surface area contributed by atoms with Crippen LogP contribution in [-0.4, -0.2) is 46.3 Å². The molecule has 2 amide bonds. The molecule has 0 N–H and O–H groups in total. The van der Waals surface area contributed by atoms with E-state index in [1.165, 1.54) is 31.0 Å². The predicted molar refractivity (Wildman–Crippen MR) is 110 cm³/mol. The van der Waals surface area contributed by atoms with Gasteiger partial charge in [-0.25, -0.2) is 9.88 Å². The second-order valence-electron chi connectivity index (χ2n) is 7.39. The Hall–Kier alpha value is -2.99. The van der Waals surface area contributed by atoms with E-state index in [-0.39, 0.29) is 11.8 Å². The lowest BCUT2D eigenvalue weighted by atomic mass is 10.1. The Bertz CT molecular complexity index is 884. The third kappa shape index (κ3) is 4.54. The summed E-state index contributed by atoms with van der Waals surface area (Å²) >= 11 is 0. The summed E-state index contributed by atoms with van der Waals surface area (Å²) in [7, 11) is 0. The monoisotopic (exact) mass is 391 g/mol. The first-order chi connectivity index (χ1) is 14.2. The van der Waals surface area contributed by atoms with Gasteiger partial charge < -0.3 is 4.74 Å². The standard InChI is InChI=1S/C23H25N3O3/c27-22-19-8-2-3-9-20(19)23(28)26(22)14-6-7-15-29-21-16-18(10-11-24-21)17-25-12-4-1-5-13-25/h2-3,6,8-11,14,16H,1,4-5,7,12-13,15,17H2/b14-6-. The molecule has 2 aliphatic rings. The van der Waals surface area contributed by atoms with E-state index in [9.17, 15) is 9.59 Å². The normalized spacial score (nSPS) is 17.2. The van der Waals surface area contributed by atoms with Crippen LogP contribution >= 0.6 is 0 Å². The van der Waals surface area contributed by atoms with Gasteiger partial charge in [-0.1, -0.05) is 24.6 Å². The van der Waals surface area contributed by atoms with Crippen molar-refractivity contribution in [1.29, 1.82) is 0 Å². The topological polar surface area (TPSA) is 62.7 Å². The fraction of sp³-hybridized carbons (Fsp3) is 0.348. The Morgan fingerprint density at radius 3 is 2.45 bits per heavy atom. The molecular formula is C23H25N3O3. The molecular weight excluding hydrogens is 366 g/mol. The van der Waals surface area contributed by atoms with Crippen molar-refractivity contribution >= 4 is 11.8 Å². The maximum atomic E-state index is 12.3. The van der Waals surface area contributed by atoms with Crippen molar-refractivity contribution in [2.24, 2.45) is 0 Å². The van der Waals surface area contributed by atoms with Crippen LogP contribution in [0, 0.1) is 0 Å². The molecule has 6 heteroatoms. The highest BCUT2D eigenvalue weighted by Crippen LogP contribution is 2.22. The van der Waals surface area contributed by atoms with Crippen molar-refractivity contribution in [2.45, 2.75) is 32.2 Å². The quantitative estimate of drug-likeness (QED) is 0.533. The van der Waals surface area contributed by atoms with E-state index in [2.05, 4.69) is 9.88 Å². The number of pyridine rings is 1. The largest absolute Gasteiger partial charge is 0.477 e. The highest BCUT2D eigenvalue weighted by atomic mass is 16.5. The van der Waals surface area contributed by atoms with Crippen LogP contribution in [0.2, 0.25) is 0 Å². The summed E-state index contributed by atoms with van der Waals surface area (Å²) in [6.45, 7) is 3.67. The van der Waals surface area contributed by atoms with Gasteiger partial charge in [0.1, 0.15) is 0 Å². The molecule has 1 aromatic heterocycles. The Morgan fingerprint density at radius 1 is 1.00 bits per heavy atom. The Labute approximate surface area is 170 Å². The number of fused-ring (bicyclic) bond motifs is 1. The summed E-state index contributed by atoms with van der Waals surface area (Å²) in [5.41, 5.74) is 2.11. The second-order valence-corrected chi connectivity index (χ2v) is 7.39. The molecule has 0 aliphatic carbocycles. The van der Waals surface area contributed by atoms with Crippen LogP contribution in [0.25, 0.3) is 0 Å². The van der Waals surface area contributed by atoms with E-state index in [1.54, 1.807) is 36.5 Å². The molecule has 1 saturated heterocycles. The first-order valence-corrected chi connectivity index (χ1v) is 10.2. The van der Waals surface area contributed by atoms with E-state index in [0.29, 0.717) is 30.0 Å². The molecule has 0 saturated carbocycles. The molecule has 2 aliphatic heterocycles. The number of imide groups is 1. The molecule has 0 radical (unpaired) electrons. The van der Waals surface area contributed by atoms with E-state index in [1.807, 2.05) is 12.1 Å². The Kier molecular flexibility index (Phi) is 6.00. The van der Waals surface area contributed by atoms with E-state index < -0.39 is 0 Å². The van der Waals surface area contributed by atoms with Crippen molar-refractivity contribution in [1.82, 2.24) is 14.8 Å². The molecule has 150 valence electrons. The second kappa shape index (κ2) is 9.01. The van der Waals surface area contributed by atoms with Crippen molar-refractivity contribution in [3.8, 4) is 5.88 Å². The Morgan fingerprint density at radius 2 is 1.72 bits per heavy atom. The maximum Gasteiger partial charge on any atom is 0.265 e. The number of carbonyl (C=O) groups is 2. The average molecular weight is 391 g/mol. The molecule has 29 heavy (non-hydrogen) atoms. The van der Waals surface area contributed by atoms with Gasteiger partial charge in [-0.15, -0.1) is 0 Å². The van der Waals surface area contributed by atoms with Crippen LogP contribution in [-0.2, 0) is 6.54 Å². The number of amides is 2. The van der Waals surface area contributed by atoms with Crippen LogP contribution in [0.15, 0.2) is 54.9 Å². The number of nitrogens with zero attached hydrogens (tertiary/aromatic N) is 3. The summed E-state index contributed by atoms with van der Waals surface area (Å²) in [5, 5.41) is 0. The lowest BCUT2D eigenvalue weighted by Crippen LogP contribution is -2.29. The van der Waals surface area contributed by atoms with Gasteiger partial charge in [0.05, 0.1) is 17.7 Å². The van der Waals surface area contributed by atoms with Gasteiger partial charge in [0.2, 0.25) is 5.88 Å². The highest BCUT2D eigenvalue weighted by molar-refractivity contribution is 6.22. The zero-order valence-corrected chi connectivity index (χ0v) is 16.4. The molecule has 1 aromatic carbocycles. The van der Waals surface area contributed by atoms with Crippen molar-refractivity contribution in [3.63, 3.8) is 0 Å². The summed E-state index contributed by atoms with van der Waals surface area (Å²) in [5.74, 6) is 0.0401. The van der Waals surface area contributed by atoms with Crippen LogP contribution in [0.5, 0.6) is 5.88 Å². The number of likely N-dealkylation sites (tertiary alicyclic amines) is 1. The van der Waals surface area contributed by atoms with Crippen LogP contribution in [0.1, 0.15) is 52.0 Å². The number of carbonyl (C=O) groups excluding carboxylic acids is 2. The van der Waals surface area contributed by atoms with Crippen LogP contribution < -0.4 is 4.74 Å². The zero-order valence-electron chi connectivity index (χ0n) is 16.4. The van der Waals surface area contributed by atoms with Gasteiger partial charge >= 0.3 is 0 Å². The molecule has 1 fully saturated rings. The van der Waals surface area contributed by atoms with E-state index in [4.69, 9.17) is 4.74 Å². The molecule has 0 spiro atoms. The number of rotatable bonds is 7. The predicted octanol–water partition coefficient (Wildman–Crippen LogP) is 3.65. The van der Waals surface area contributed by atoms with Gasteiger partial charge in [-0.2, -0.15) is 0 Å². The maximum absolute atomic E-state index is 12.3. The number of piperidine rings is 1. The molecule has 0 atom stereocenters. The van der Waals surface area contributed by atoms with Gasteiger partial charge in [-0.05, 0) is 49.7 Å². The fourth-order valence-corrected chi connectivity index (χ4v) is 3.76. The Balaban J connectivity index is 1.26. The minimum atomic E-state index is -0.283. The van der Waals surface area contributed by atoms with Gasteiger partial charge in [0.25, 0.3) is 11.8 Å². The highest BCUT2D eigenvalue weighted by Gasteiger charge is 2.33. The lowest BCUT2D eigenvalue weighted by molar-refractivity contribution is 0.0721. The summed E-state index contributed by atoms with van der Waals surface area (Å²) in [4.78, 5) is 32.5. The number of hydrogen-bond acceptors (Lipinski definition) is 5. The SMILES string of the molecule is O=C1c2ccccc2C(=O)N1/C=C\CCOc1cc(CN2CCCCC2)ccn1. The van der Waals surface area contributed by atoms with Crippen molar-refractivity contribution in [2.75, 3.05) is 19.7 Å². The van der Waals surface area contributed by atoms with E-state index in [0.717, 1.165) is 24.5 Å². The van der Waals surface area contributed by atoms with Crippen molar-refractivity contribution in [3.05, 3.63) is 71.6 Å². The fourth-order valence-electron chi connectivity index (χ4n) is 3.76. The first kappa shape index (κ1) is 19.3. The van der Waals surface area contributed by atoms with E-state index >= 15 is 0 Å². The number of hydrogen-bond donors (Lipinski definition) is 0. The first-order valence-electron chi connectivity index (χ1n) is 10.2. The number of ether oxygens (including phenoxy) is 1. The minimum absolute atomic E-state index is 0.283. The van der Waals surface area contributed by atoms with Gasteiger partial charge in [0.15, 0.2) is 0 Å². The summed E-state index contributed by atoms with van der Waals surface area (Å²) in [6.07, 6.45) is 9.54. The van der Waals surface area contributed by atoms with Crippen LogP contribution in [0.3, 0.4) is 0 Å².